The summed E-state index contributed by atoms with van der Waals surface area (Å²) < 4.78 is 23.9. The molecule has 0 radical (unpaired) electrons. The molecule has 1 aliphatic rings. The van der Waals surface area contributed by atoms with E-state index in [2.05, 4.69) is 6.92 Å². The fourth-order valence-electron chi connectivity index (χ4n) is 3.35. The van der Waals surface area contributed by atoms with Crippen LogP contribution in [-0.2, 0) is 27.6 Å². The summed E-state index contributed by atoms with van der Waals surface area (Å²) in [5, 5.41) is 0.566. The van der Waals surface area contributed by atoms with Crippen LogP contribution in [0.4, 0.5) is 0 Å². The number of carbonyl (C=O) groups excluding carboxylic acids is 1. The zero-order valence-corrected chi connectivity index (χ0v) is 17.4. The van der Waals surface area contributed by atoms with Crippen LogP contribution in [0, 0.1) is 0 Å². The van der Waals surface area contributed by atoms with Crippen LogP contribution in [-0.4, -0.2) is 36.8 Å². The van der Waals surface area contributed by atoms with Crippen LogP contribution in [0.5, 0.6) is 0 Å². The molecule has 1 saturated heterocycles. The van der Waals surface area contributed by atoms with Crippen molar-refractivity contribution in [2.24, 2.45) is 0 Å². The molecule has 0 aliphatic carbocycles. The first kappa shape index (κ1) is 20.6. The lowest BCUT2D eigenvalue weighted by molar-refractivity contribution is -0.128. The van der Waals surface area contributed by atoms with Crippen molar-refractivity contribution in [3.63, 3.8) is 0 Å². The van der Waals surface area contributed by atoms with Crippen molar-refractivity contribution in [2.75, 3.05) is 11.5 Å². The Morgan fingerprint density at radius 2 is 1.82 bits per heavy atom. The summed E-state index contributed by atoms with van der Waals surface area (Å²) in [7, 11) is -3.09. The van der Waals surface area contributed by atoms with Gasteiger partial charge < -0.3 is 4.90 Å². The van der Waals surface area contributed by atoms with Crippen molar-refractivity contribution in [1.82, 2.24) is 4.90 Å². The zero-order valence-electron chi connectivity index (χ0n) is 15.8. The topological polar surface area (TPSA) is 54.5 Å². The average molecular weight is 418 g/mol. The van der Waals surface area contributed by atoms with E-state index in [0.717, 1.165) is 17.5 Å². The molecule has 6 heteroatoms. The largest absolute Gasteiger partial charge is 0.331 e. The minimum atomic E-state index is -3.09. The maximum atomic E-state index is 13.0. The standard InChI is InChI=1S/C22H24ClNO3S/c1-2-17-7-9-18(10-8-17)15-24(20-13-14-28(26,27)16-20)22(25)12-11-19-5-3-4-6-21(19)23/h3-12,20H,2,13-16H2,1H3/b12-11+/t20-/m1/s1. The molecular formula is C22H24ClNO3S. The third-order valence-electron chi connectivity index (χ3n) is 5.03. The van der Waals surface area contributed by atoms with E-state index in [4.69, 9.17) is 11.6 Å². The highest BCUT2D eigenvalue weighted by molar-refractivity contribution is 7.91. The Bertz CT molecular complexity index is 968. The molecule has 0 aromatic heterocycles. The van der Waals surface area contributed by atoms with Crippen LogP contribution in [0.15, 0.2) is 54.6 Å². The first-order valence-electron chi connectivity index (χ1n) is 9.39. The summed E-state index contributed by atoms with van der Waals surface area (Å²) in [6.07, 6.45) is 4.58. The van der Waals surface area contributed by atoms with E-state index in [9.17, 15) is 13.2 Å². The molecule has 0 N–H and O–H groups in total. The number of hydrogen-bond donors (Lipinski definition) is 0. The predicted octanol–water partition coefficient (Wildman–Crippen LogP) is 4.13. The van der Waals surface area contributed by atoms with E-state index in [0.29, 0.717) is 18.0 Å². The maximum absolute atomic E-state index is 13.0. The van der Waals surface area contributed by atoms with Crippen LogP contribution < -0.4 is 0 Å². The summed E-state index contributed by atoms with van der Waals surface area (Å²) in [5.41, 5.74) is 2.97. The van der Waals surface area contributed by atoms with Gasteiger partial charge in [0.25, 0.3) is 0 Å². The highest BCUT2D eigenvalue weighted by Crippen LogP contribution is 2.22. The summed E-state index contributed by atoms with van der Waals surface area (Å²) in [5.74, 6) is -0.0579. The van der Waals surface area contributed by atoms with Crippen LogP contribution in [0.2, 0.25) is 5.02 Å². The summed E-state index contributed by atoms with van der Waals surface area (Å²) in [6.45, 7) is 2.48. The molecule has 3 rings (SSSR count). The van der Waals surface area contributed by atoms with Crippen LogP contribution in [0.3, 0.4) is 0 Å². The van der Waals surface area contributed by atoms with E-state index < -0.39 is 9.84 Å². The van der Waals surface area contributed by atoms with Gasteiger partial charge in [0, 0.05) is 23.7 Å². The SMILES string of the molecule is CCc1ccc(CN(C(=O)/C=C/c2ccccc2Cl)[C@@H]2CCS(=O)(=O)C2)cc1. The monoisotopic (exact) mass is 417 g/mol. The molecule has 0 unspecified atom stereocenters. The predicted molar refractivity (Wildman–Crippen MR) is 114 cm³/mol. The maximum Gasteiger partial charge on any atom is 0.247 e. The molecule has 2 aromatic rings. The lowest BCUT2D eigenvalue weighted by atomic mass is 10.1. The Morgan fingerprint density at radius 1 is 1.14 bits per heavy atom. The number of amides is 1. The van der Waals surface area contributed by atoms with Gasteiger partial charge in [0.15, 0.2) is 9.84 Å². The lowest BCUT2D eigenvalue weighted by Gasteiger charge is -2.27. The van der Waals surface area contributed by atoms with E-state index in [1.54, 1.807) is 17.0 Å². The molecule has 1 atom stereocenters. The Kier molecular flexibility index (Phi) is 6.57. The van der Waals surface area contributed by atoms with Crippen LogP contribution in [0.25, 0.3) is 6.08 Å². The van der Waals surface area contributed by atoms with Gasteiger partial charge in [-0.15, -0.1) is 0 Å². The van der Waals surface area contributed by atoms with Gasteiger partial charge in [-0.1, -0.05) is 61.0 Å². The second-order valence-electron chi connectivity index (χ2n) is 7.05. The molecule has 0 spiro atoms. The van der Waals surface area contributed by atoms with Crippen LogP contribution in [0.1, 0.15) is 30.0 Å². The number of benzene rings is 2. The Hall–Kier alpha value is -2.11. The van der Waals surface area contributed by atoms with E-state index in [1.165, 1.54) is 11.6 Å². The van der Waals surface area contributed by atoms with Crippen molar-refractivity contribution < 1.29 is 13.2 Å². The number of carbonyl (C=O) groups is 1. The van der Waals surface area contributed by atoms with Gasteiger partial charge in [-0.05, 0) is 41.7 Å². The Morgan fingerprint density at radius 3 is 2.43 bits per heavy atom. The number of hydrogen-bond acceptors (Lipinski definition) is 3. The first-order chi connectivity index (χ1) is 13.4. The Balaban J connectivity index is 1.82. The molecule has 1 amide bonds. The quantitative estimate of drug-likeness (QED) is 0.664. The average Bonchev–Trinajstić information content (AvgIpc) is 3.05. The van der Waals surface area contributed by atoms with Gasteiger partial charge in [0.2, 0.25) is 5.91 Å². The minimum absolute atomic E-state index is 0.0196. The molecule has 4 nitrogen and oxygen atoms in total. The fourth-order valence-corrected chi connectivity index (χ4v) is 5.28. The summed E-state index contributed by atoms with van der Waals surface area (Å²) in [6, 6.07) is 15.1. The van der Waals surface area contributed by atoms with Gasteiger partial charge in [0.1, 0.15) is 0 Å². The van der Waals surface area contributed by atoms with Crippen molar-refractivity contribution in [3.05, 3.63) is 76.3 Å². The molecular weight excluding hydrogens is 394 g/mol. The van der Waals surface area contributed by atoms with Crippen LogP contribution >= 0.6 is 11.6 Å². The molecule has 1 heterocycles. The first-order valence-corrected chi connectivity index (χ1v) is 11.6. The number of aryl methyl sites for hydroxylation is 1. The van der Waals surface area contributed by atoms with Gasteiger partial charge in [-0.2, -0.15) is 0 Å². The molecule has 28 heavy (non-hydrogen) atoms. The Labute approximate surface area is 171 Å². The van der Waals surface area contributed by atoms with Gasteiger partial charge in [0.05, 0.1) is 11.5 Å². The minimum Gasteiger partial charge on any atom is -0.331 e. The lowest BCUT2D eigenvalue weighted by Crippen LogP contribution is -2.39. The smallest absolute Gasteiger partial charge is 0.247 e. The second-order valence-corrected chi connectivity index (χ2v) is 9.68. The second kappa shape index (κ2) is 8.93. The van der Waals surface area contributed by atoms with E-state index in [1.807, 2.05) is 42.5 Å². The highest BCUT2D eigenvalue weighted by Gasteiger charge is 2.34. The van der Waals surface area contributed by atoms with Crippen molar-refractivity contribution in [3.8, 4) is 0 Å². The number of sulfone groups is 1. The van der Waals surface area contributed by atoms with Gasteiger partial charge in [-0.3, -0.25) is 4.79 Å². The molecule has 2 aromatic carbocycles. The third kappa shape index (κ3) is 5.24. The normalized spacial score (nSPS) is 18.4. The van der Waals surface area contributed by atoms with Gasteiger partial charge in [-0.25, -0.2) is 8.42 Å². The van der Waals surface area contributed by atoms with Crippen molar-refractivity contribution in [2.45, 2.75) is 32.4 Å². The summed E-state index contributed by atoms with van der Waals surface area (Å²) >= 11 is 6.15. The highest BCUT2D eigenvalue weighted by atomic mass is 35.5. The summed E-state index contributed by atoms with van der Waals surface area (Å²) in [4.78, 5) is 14.6. The number of nitrogens with zero attached hydrogens (tertiary/aromatic N) is 1. The number of rotatable bonds is 6. The van der Waals surface area contributed by atoms with Crippen molar-refractivity contribution in [1.29, 1.82) is 0 Å². The molecule has 1 fully saturated rings. The molecule has 0 saturated carbocycles. The zero-order chi connectivity index (χ0) is 20.1. The van der Waals surface area contributed by atoms with Gasteiger partial charge >= 0.3 is 0 Å². The number of halogens is 1. The third-order valence-corrected chi connectivity index (χ3v) is 7.12. The van der Waals surface area contributed by atoms with E-state index >= 15 is 0 Å². The fraction of sp³-hybridized carbons (Fsp3) is 0.318. The molecule has 0 bridgehead atoms. The van der Waals surface area contributed by atoms with Crippen molar-refractivity contribution >= 4 is 33.4 Å². The molecule has 1 aliphatic heterocycles. The molecule has 148 valence electrons. The van der Waals surface area contributed by atoms with E-state index in [-0.39, 0.29) is 23.5 Å².